The first kappa shape index (κ1) is 11.1. The van der Waals surface area contributed by atoms with Crippen molar-refractivity contribution in [2.75, 3.05) is 13.2 Å². The van der Waals surface area contributed by atoms with Crippen molar-refractivity contribution in [1.82, 2.24) is 9.88 Å². The van der Waals surface area contributed by atoms with Gasteiger partial charge in [-0.3, -0.25) is 9.78 Å². The Labute approximate surface area is 94.9 Å². The summed E-state index contributed by atoms with van der Waals surface area (Å²) in [6, 6.07) is 3.80. The van der Waals surface area contributed by atoms with Crippen molar-refractivity contribution >= 4 is 5.91 Å². The van der Waals surface area contributed by atoms with Crippen molar-refractivity contribution in [3.63, 3.8) is 0 Å². The Kier molecular flexibility index (Phi) is 3.19. The maximum Gasteiger partial charge on any atom is 0.223 e. The van der Waals surface area contributed by atoms with Crippen molar-refractivity contribution in [1.29, 1.82) is 0 Å². The minimum atomic E-state index is -0.0174. The minimum absolute atomic E-state index is 0.00310. The molecule has 1 fully saturated rings. The van der Waals surface area contributed by atoms with Gasteiger partial charge in [-0.15, -0.1) is 0 Å². The topological polar surface area (TPSA) is 53.4 Å². The molecule has 0 aromatic carbocycles. The Bertz CT molecular complexity index is 367. The maximum atomic E-state index is 11.8. The van der Waals surface area contributed by atoms with Crippen molar-refractivity contribution in [2.45, 2.75) is 19.4 Å². The van der Waals surface area contributed by atoms with Crippen LogP contribution in [-0.2, 0) is 4.79 Å². The monoisotopic (exact) mass is 220 g/mol. The Morgan fingerprint density at radius 1 is 1.62 bits per heavy atom. The second-order valence-corrected chi connectivity index (χ2v) is 4.06. The quantitative estimate of drug-likeness (QED) is 0.826. The number of likely N-dealkylation sites (tertiary alicyclic amines) is 1. The van der Waals surface area contributed by atoms with Crippen molar-refractivity contribution in [2.24, 2.45) is 5.92 Å². The molecule has 0 radical (unpaired) electrons. The highest BCUT2D eigenvalue weighted by Gasteiger charge is 2.39. The molecule has 0 spiro atoms. The summed E-state index contributed by atoms with van der Waals surface area (Å²) in [5, 5.41) is 9.33. The van der Waals surface area contributed by atoms with Gasteiger partial charge in [-0.25, -0.2) is 0 Å². The molecule has 1 saturated heterocycles. The zero-order chi connectivity index (χ0) is 11.5. The van der Waals surface area contributed by atoms with Crippen LogP contribution < -0.4 is 0 Å². The first-order valence-corrected chi connectivity index (χ1v) is 5.58. The van der Waals surface area contributed by atoms with E-state index in [1.165, 1.54) is 0 Å². The number of amides is 1. The van der Waals surface area contributed by atoms with Crippen molar-refractivity contribution in [3.05, 3.63) is 30.1 Å². The number of rotatable bonds is 3. The van der Waals surface area contributed by atoms with Crippen LogP contribution in [-0.4, -0.2) is 34.0 Å². The second-order valence-electron chi connectivity index (χ2n) is 4.06. The van der Waals surface area contributed by atoms with Gasteiger partial charge >= 0.3 is 0 Å². The molecule has 1 N–H and O–H groups in total. The van der Waals surface area contributed by atoms with E-state index in [0.29, 0.717) is 13.0 Å². The molecular weight excluding hydrogens is 204 g/mol. The van der Waals surface area contributed by atoms with E-state index in [1.54, 1.807) is 12.4 Å². The van der Waals surface area contributed by atoms with Crippen LogP contribution in [0.3, 0.4) is 0 Å². The minimum Gasteiger partial charge on any atom is -0.396 e. The summed E-state index contributed by atoms with van der Waals surface area (Å²) in [7, 11) is 0. The molecule has 86 valence electrons. The molecule has 1 aliphatic rings. The number of nitrogens with zero attached hydrogens (tertiary/aromatic N) is 2. The summed E-state index contributed by atoms with van der Waals surface area (Å²) in [5.74, 6) is 0.118. The van der Waals surface area contributed by atoms with E-state index in [4.69, 9.17) is 0 Å². The van der Waals surface area contributed by atoms with Crippen LogP contribution in [0.2, 0.25) is 0 Å². The third-order valence-electron chi connectivity index (χ3n) is 3.14. The molecule has 4 heteroatoms. The van der Waals surface area contributed by atoms with Crippen molar-refractivity contribution < 1.29 is 9.90 Å². The molecule has 0 bridgehead atoms. The molecule has 1 aromatic rings. The number of aliphatic hydroxyl groups is 1. The third-order valence-corrected chi connectivity index (χ3v) is 3.14. The van der Waals surface area contributed by atoms with E-state index in [0.717, 1.165) is 5.56 Å². The molecule has 0 aliphatic carbocycles. The van der Waals surface area contributed by atoms with E-state index in [9.17, 15) is 9.90 Å². The lowest BCUT2D eigenvalue weighted by Crippen LogP contribution is -2.29. The van der Waals surface area contributed by atoms with Gasteiger partial charge in [0.15, 0.2) is 0 Å². The fraction of sp³-hybridized carbons (Fsp3) is 0.500. The summed E-state index contributed by atoms with van der Waals surface area (Å²) < 4.78 is 0. The van der Waals surface area contributed by atoms with E-state index >= 15 is 0 Å². The molecule has 4 nitrogen and oxygen atoms in total. The summed E-state index contributed by atoms with van der Waals surface area (Å²) in [6.45, 7) is 2.68. The number of aromatic nitrogens is 1. The van der Waals surface area contributed by atoms with Crippen LogP contribution in [0.15, 0.2) is 24.5 Å². The Hall–Kier alpha value is -1.42. The van der Waals surface area contributed by atoms with Gasteiger partial charge in [0.1, 0.15) is 0 Å². The molecule has 2 rings (SSSR count). The maximum absolute atomic E-state index is 11.8. The highest BCUT2D eigenvalue weighted by Crippen LogP contribution is 2.36. The van der Waals surface area contributed by atoms with Gasteiger partial charge in [0, 0.05) is 37.9 Å². The average Bonchev–Trinajstić information content (AvgIpc) is 2.66. The smallest absolute Gasteiger partial charge is 0.223 e. The highest BCUT2D eigenvalue weighted by molar-refractivity contribution is 5.79. The van der Waals surface area contributed by atoms with Crippen molar-refractivity contribution in [3.8, 4) is 0 Å². The summed E-state index contributed by atoms with van der Waals surface area (Å²) in [4.78, 5) is 17.6. The normalized spacial score (nSPS) is 25.1. The number of carbonyl (C=O) groups is 1. The predicted octanol–water partition coefficient (Wildman–Crippen LogP) is 0.983. The summed E-state index contributed by atoms with van der Waals surface area (Å²) >= 11 is 0. The van der Waals surface area contributed by atoms with Gasteiger partial charge < -0.3 is 10.0 Å². The molecule has 0 unspecified atom stereocenters. The van der Waals surface area contributed by atoms with E-state index in [-0.39, 0.29) is 24.5 Å². The number of aliphatic hydroxyl groups excluding tert-OH is 1. The Balaban J connectivity index is 2.32. The fourth-order valence-electron chi connectivity index (χ4n) is 2.40. The van der Waals surface area contributed by atoms with Crippen LogP contribution in [0.4, 0.5) is 0 Å². The molecular formula is C12H16N2O2. The van der Waals surface area contributed by atoms with E-state index in [2.05, 4.69) is 4.98 Å². The Morgan fingerprint density at radius 3 is 3.00 bits per heavy atom. The summed E-state index contributed by atoms with van der Waals surface area (Å²) in [5.41, 5.74) is 1.01. The second kappa shape index (κ2) is 4.61. The lowest BCUT2D eigenvalue weighted by atomic mass is 9.95. The van der Waals surface area contributed by atoms with Gasteiger partial charge in [0.25, 0.3) is 0 Å². The number of carbonyl (C=O) groups excluding carboxylic acids is 1. The molecule has 0 saturated carbocycles. The predicted molar refractivity (Wildman–Crippen MR) is 59.6 cm³/mol. The molecule has 1 amide bonds. The zero-order valence-electron chi connectivity index (χ0n) is 9.34. The van der Waals surface area contributed by atoms with Gasteiger partial charge in [-0.2, -0.15) is 0 Å². The van der Waals surface area contributed by atoms with Gasteiger partial charge in [-0.1, -0.05) is 6.07 Å². The van der Waals surface area contributed by atoms with Gasteiger partial charge in [0.05, 0.1) is 6.04 Å². The lowest BCUT2D eigenvalue weighted by molar-refractivity contribution is -0.128. The van der Waals surface area contributed by atoms with Crippen LogP contribution in [0, 0.1) is 5.92 Å². The van der Waals surface area contributed by atoms with Crippen LogP contribution in [0.25, 0.3) is 0 Å². The number of pyridine rings is 1. The first-order valence-electron chi connectivity index (χ1n) is 5.58. The van der Waals surface area contributed by atoms with Gasteiger partial charge in [0.2, 0.25) is 5.91 Å². The third kappa shape index (κ3) is 1.80. The SMILES string of the molecule is CCN1C(=O)C[C@H](CO)[C@@H]1c1cccnc1. The molecule has 1 aliphatic heterocycles. The molecule has 16 heavy (non-hydrogen) atoms. The largest absolute Gasteiger partial charge is 0.396 e. The molecule has 2 heterocycles. The van der Waals surface area contributed by atoms with E-state index in [1.807, 2.05) is 24.0 Å². The number of hydrogen-bond acceptors (Lipinski definition) is 3. The Morgan fingerprint density at radius 2 is 2.44 bits per heavy atom. The van der Waals surface area contributed by atoms with Gasteiger partial charge in [-0.05, 0) is 18.6 Å². The fourth-order valence-corrected chi connectivity index (χ4v) is 2.40. The van der Waals surface area contributed by atoms with Crippen LogP contribution in [0.1, 0.15) is 24.9 Å². The standard InChI is InChI=1S/C12H16N2O2/c1-2-14-11(16)6-10(8-15)12(14)9-4-3-5-13-7-9/h3-5,7,10,12,15H,2,6,8H2,1H3/t10-,12+/m1/s1. The number of hydrogen-bond donors (Lipinski definition) is 1. The molecule has 1 aromatic heterocycles. The highest BCUT2D eigenvalue weighted by atomic mass is 16.3. The average molecular weight is 220 g/mol. The zero-order valence-corrected chi connectivity index (χ0v) is 9.34. The van der Waals surface area contributed by atoms with Crippen LogP contribution >= 0.6 is 0 Å². The first-order chi connectivity index (χ1) is 7.77. The van der Waals surface area contributed by atoms with E-state index < -0.39 is 0 Å². The van der Waals surface area contributed by atoms with Crippen LogP contribution in [0.5, 0.6) is 0 Å². The molecule has 2 atom stereocenters. The lowest BCUT2D eigenvalue weighted by Gasteiger charge is -2.26. The summed E-state index contributed by atoms with van der Waals surface area (Å²) in [6.07, 6.45) is 3.92.